The van der Waals surface area contributed by atoms with E-state index in [2.05, 4.69) is 23.7 Å². The highest BCUT2D eigenvalue weighted by atomic mass is 16.5. The summed E-state index contributed by atoms with van der Waals surface area (Å²) in [7, 11) is 1.77. The van der Waals surface area contributed by atoms with Crippen molar-refractivity contribution in [2.24, 2.45) is 13.0 Å². The monoisotopic (exact) mass is 328 g/mol. The third-order valence-corrected chi connectivity index (χ3v) is 4.74. The molecule has 0 N–H and O–H groups in total. The zero-order chi connectivity index (χ0) is 17.1. The van der Waals surface area contributed by atoms with E-state index < -0.39 is 0 Å². The first-order valence-electron chi connectivity index (χ1n) is 8.45. The molecule has 0 bridgehead atoms. The number of hydrogen-bond acceptors (Lipinski definition) is 5. The van der Waals surface area contributed by atoms with Gasteiger partial charge in [0.2, 0.25) is 5.95 Å². The van der Waals surface area contributed by atoms with Gasteiger partial charge in [-0.2, -0.15) is 0 Å². The maximum Gasteiger partial charge on any atom is 0.255 e. The fourth-order valence-electron chi connectivity index (χ4n) is 2.94. The normalized spacial score (nSPS) is 19.3. The molecule has 1 fully saturated rings. The van der Waals surface area contributed by atoms with Crippen LogP contribution in [-0.4, -0.2) is 40.3 Å². The smallest absolute Gasteiger partial charge is 0.255 e. The minimum absolute atomic E-state index is 0.0570. The number of nitrogens with zero attached hydrogens (tertiary/aromatic N) is 4. The number of rotatable bonds is 4. The molecule has 1 aliphatic rings. The van der Waals surface area contributed by atoms with Crippen LogP contribution in [0.4, 0.5) is 5.95 Å². The summed E-state index contributed by atoms with van der Waals surface area (Å²) in [5.74, 6) is 1.18. The van der Waals surface area contributed by atoms with Crippen LogP contribution in [0.25, 0.3) is 11.3 Å². The molecule has 0 radical (unpaired) electrons. The zero-order valence-corrected chi connectivity index (χ0v) is 14.5. The Labute approximate surface area is 142 Å². The number of anilines is 1. The molecule has 0 saturated carbocycles. The van der Waals surface area contributed by atoms with Crippen LogP contribution in [-0.2, 0) is 11.8 Å². The molecule has 3 rings (SSSR count). The minimum atomic E-state index is -0.0570. The lowest BCUT2D eigenvalue weighted by Gasteiger charge is -2.36. The van der Waals surface area contributed by atoms with E-state index in [4.69, 9.17) is 9.72 Å². The Morgan fingerprint density at radius 2 is 2.12 bits per heavy atom. The fourth-order valence-corrected chi connectivity index (χ4v) is 2.94. The first-order chi connectivity index (χ1) is 11.6. The Hall–Kier alpha value is -2.21. The molecule has 1 aliphatic heterocycles. The molecule has 0 aliphatic carbocycles. The second kappa shape index (κ2) is 7.13. The molecule has 2 unspecified atom stereocenters. The summed E-state index contributed by atoms with van der Waals surface area (Å²) in [6.07, 6.45) is 4.66. The van der Waals surface area contributed by atoms with E-state index >= 15 is 0 Å². The van der Waals surface area contributed by atoms with Gasteiger partial charge in [-0.15, -0.1) is 0 Å². The van der Waals surface area contributed by atoms with Gasteiger partial charge in [0.25, 0.3) is 5.56 Å². The number of hydrogen-bond donors (Lipinski definition) is 0. The summed E-state index contributed by atoms with van der Waals surface area (Å²) in [5.41, 5.74) is 1.52. The molecule has 0 spiro atoms. The Balaban J connectivity index is 1.95. The van der Waals surface area contributed by atoms with E-state index in [-0.39, 0.29) is 11.7 Å². The largest absolute Gasteiger partial charge is 0.374 e. The molecular weight excluding hydrogens is 304 g/mol. The fraction of sp³-hybridized carbons (Fsp3) is 0.500. The molecule has 1 saturated heterocycles. The van der Waals surface area contributed by atoms with E-state index in [1.54, 1.807) is 30.1 Å². The van der Waals surface area contributed by atoms with E-state index in [1.807, 2.05) is 12.1 Å². The van der Waals surface area contributed by atoms with Crippen LogP contribution < -0.4 is 10.5 Å². The molecule has 6 nitrogen and oxygen atoms in total. The van der Waals surface area contributed by atoms with Crippen molar-refractivity contribution in [1.82, 2.24) is 14.5 Å². The second-order valence-corrected chi connectivity index (χ2v) is 6.32. The van der Waals surface area contributed by atoms with Crippen LogP contribution in [0.3, 0.4) is 0 Å². The van der Waals surface area contributed by atoms with Gasteiger partial charge in [-0.1, -0.05) is 20.3 Å². The van der Waals surface area contributed by atoms with E-state index in [9.17, 15) is 4.79 Å². The molecule has 2 aromatic rings. The van der Waals surface area contributed by atoms with Crippen LogP contribution in [0.15, 0.2) is 35.4 Å². The molecule has 2 aromatic heterocycles. The number of aromatic nitrogens is 3. The summed E-state index contributed by atoms with van der Waals surface area (Å²) >= 11 is 0. The van der Waals surface area contributed by atoms with Gasteiger partial charge in [-0.05, 0) is 18.1 Å². The summed E-state index contributed by atoms with van der Waals surface area (Å²) in [4.78, 5) is 23.3. The Morgan fingerprint density at radius 1 is 1.38 bits per heavy atom. The van der Waals surface area contributed by atoms with Crippen molar-refractivity contribution in [3.63, 3.8) is 0 Å². The Bertz CT molecular complexity index is 744. The van der Waals surface area contributed by atoms with Gasteiger partial charge in [0.15, 0.2) is 0 Å². The number of pyridine rings is 1. The summed E-state index contributed by atoms with van der Waals surface area (Å²) in [6.45, 7) is 6.53. The highest BCUT2D eigenvalue weighted by Crippen LogP contribution is 2.22. The number of morpholine rings is 1. The highest BCUT2D eigenvalue weighted by Gasteiger charge is 2.27. The standard InChI is InChI=1S/C18H24N4O2/c1-4-13(2)16-12-22(9-10-24-16)18-20-15(11-17(23)21(18)3)14-5-7-19-8-6-14/h5-8,11,13,16H,4,9-10,12H2,1-3H3. The first-order valence-corrected chi connectivity index (χ1v) is 8.45. The lowest BCUT2D eigenvalue weighted by molar-refractivity contribution is 0.00486. The van der Waals surface area contributed by atoms with Crippen molar-refractivity contribution in [2.75, 3.05) is 24.6 Å². The third kappa shape index (κ3) is 3.33. The third-order valence-electron chi connectivity index (χ3n) is 4.74. The van der Waals surface area contributed by atoms with Gasteiger partial charge >= 0.3 is 0 Å². The molecule has 6 heteroatoms. The van der Waals surface area contributed by atoms with Gasteiger partial charge in [-0.25, -0.2) is 4.98 Å². The lowest BCUT2D eigenvalue weighted by atomic mass is 10.0. The molecule has 0 amide bonds. The van der Waals surface area contributed by atoms with Crippen molar-refractivity contribution in [1.29, 1.82) is 0 Å². The topological polar surface area (TPSA) is 60.2 Å². The van der Waals surface area contributed by atoms with Gasteiger partial charge in [0, 0.05) is 44.2 Å². The molecule has 24 heavy (non-hydrogen) atoms. The highest BCUT2D eigenvalue weighted by molar-refractivity contribution is 5.59. The molecule has 2 atom stereocenters. The van der Waals surface area contributed by atoms with Crippen molar-refractivity contribution in [2.45, 2.75) is 26.4 Å². The Kier molecular flexibility index (Phi) is 4.94. The zero-order valence-electron chi connectivity index (χ0n) is 14.5. The summed E-state index contributed by atoms with van der Waals surface area (Å²) in [5, 5.41) is 0. The quantitative estimate of drug-likeness (QED) is 0.860. The second-order valence-electron chi connectivity index (χ2n) is 6.32. The maximum atomic E-state index is 12.4. The average Bonchev–Trinajstić information content (AvgIpc) is 2.64. The van der Waals surface area contributed by atoms with Crippen molar-refractivity contribution < 1.29 is 4.74 Å². The van der Waals surface area contributed by atoms with Gasteiger partial charge in [0.1, 0.15) is 0 Å². The van der Waals surface area contributed by atoms with Crippen LogP contribution in [0.1, 0.15) is 20.3 Å². The average molecular weight is 328 g/mol. The molecular formula is C18H24N4O2. The van der Waals surface area contributed by atoms with Crippen molar-refractivity contribution in [3.05, 3.63) is 40.9 Å². The number of ether oxygens (including phenoxy) is 1. The lowest BCUT2D eigenvalue weighted by Crippen LogP contribution is -2.47. The van der Waals surface area contributed by atoms with Gasteiger partial charge in [0.05, 0.1) is 18.4 Å². The molecule has 3 heterocycles. The van der Waals surface area contributed by atoms with E-state index in [0.717, 1.165) is 25.1 Å². The van der Waals surface area contributed by atoms with Crippen LogP contribution >= 0.6 is 0 Å². The predicted octanol–water partition coefficient (Wildman–Crippen LogP) is 2.09. The minimum Gasteiger partial charge on any atom is -0.374 e. The maximum absolute atomic E-state index is 12.4. The van der Waals surface area contributed by atoms with Crippen LogP contribution in [0.2, 0.25) is 0 Å². The van der Waals surface area contributed by atoms with Gasteiger partial charge < -0.3 is 9.64 Å². The summed E-state index contributed by atoms with van der Waals surface area (Å²) in [6, 6.07) is 5.31. The SMILES string of the molecule is CCC(C)C1CN(c2nc(-c3ccncc3)cc(=O)n2C)CCO1. The van der Waals surface area contributed by atoms with Crippen molar-refractivity contribution in [3.8, 4) is 11.3 Å². The van der Waals surface area contributed by atoms with E-state index in [0.29, 0.717) is 24.2 Å². The Morgan fingerprint density at radius 3 is 2.83 bits per heavy atom. The molecule has 0 aromatic carbocycles. The van der Waals surface area contributed by atoms with Crippen LogP contribution in [0.5, 0.6) is 0 Å². The first kappa shape index (κ1) is 16.6. The molecule has 128 valence electrons. The van der Waals surface area contributed by atoms with Crippen molar-refractivity contribution >= 4 is 5.95 Å². The van der Waals surface area contributed by atoms with Crippen LogP contribution in [0, 0.1) is 5.92 Å². The summed E-state index contributed by atoms with van der Waals surface area (Å²) < 4.78 is 7.52. The van der Waals surface area contributed by atoms with E-state index in [1.165, 1.54) is 0 Å². The predicted molar refractivity (Wildman–Crippen MR) is 94.1 cm³/mol. The van der Waals surface area contributed by atoms with Gasteiger partial charge in [-0.3, -0.25) is 14.3 Å².